The first kappa shape index (κ1) is 18.3. The summed E-state index contributed by atoms with van der Waals surface area (Å²) in [4.78, 5) is 15.9. The van der Waals surface area contributed by atoms with E-state index in [0.29, 0.717) is 5.02 Å². The van der Waals surface area contributed by atoms with Gasteiger partial charge in [-0.25, -0.2) is 0 Å². The molecule has 1 heterocycles. The molecule has 0 radical (unpaired) electrons. The van der Waals surface area contributed by atoms with E-state index in [-0.39, 0.29) is 17.2 Å². The first-order valence-corrected chi connectivity index (χ1v) is 9.85. The van der Waals surface area contributed by atoms with Gasteiger partial charge in [-0.1, -0.05) is 41.9 Å². The predicted octanol–water partition coefficient (Wildman–Crippen LogP) is 4.21. The molecule has 3 rings (SSSR count). The molecule has 0 aliphatic carbocycles. The van der Waals surface area contributed by atoms with Gasteiger partial charge in [-0.3, -0.25) is 9.69 Å². The van der Waals surface area contributed by atoms with Gasteiger partial charge in [0.05, 0.1) is 5.25 Å². The number of carbonyl (C=O) groups is 1. The molecule has 1 fully saturated rings. The van der Waals surface area contributed by atoms with Crippen molar-refractivity contribution in [2.75, 3.05) is 13.1 Å². The summed E-state index contributed by atoms with van der Waals surface area (Å²) in [6.45, 7) is 4.84. The summed E-state index contributed by atoms with van der Waals surface area (Å²) in [6, 6.07) is 18.3. The van der Waals surface area contributed by atoms with E-state index < -0.39 is 0 Å². The summed E-state index contributed by atoms with van der Waals surface area (Å²) in [5, 5.41) is 3.79. The molecule has 1 N–H and O–H groups in total. The highest BCUT2D eigenvalue weighted by atomic mass is 35.5. The number of halogens is 1. The Bertz CT molecular complexity index is 693. The molecule has 2 aromatic carbocycles. The number of amides is 1. The molecule has 0 saturated carbocycles. The Kier molecular flexibility index (Phi) is 6.40. The Morgan fingerprint density at radius 1 is 1.24 bits per heavy atom. The molecule has 3 nitrogen and oxygen atoms in total. The van der Waals surface area contributed by atoms with E-state index in [1.54, 1.807) is 11.8 Å². The van der Waals surface area contributed by atoms with E-state index >= 15 is 0 Å². The third-order valence-corrected chi connectivity index (χ3v) is 5.73. The van der Waals surface area contributed by atoms with Crippen molar-refractivity contribution in [1.82, 2.24) is 10.2 Å². The number of hydrogen-bond donors (Lipinski definition) is 1. The van der Waals surface area contributed by atoms with Crippen LogP contribution in [-0.4, -0.2) is 35.2 Å². The first-order valence-electron chi connectivity index (χ1n) is 8.59. The van der Waals surface area contributed by atoms with Gasteiger partial charge in [0.2, 0.25) is 5.91 Å². The fourth-order valence-corrected chi connectivity index (χ4v) is 4.03. The zero-order chi connectivity index (χ0) is 17.6. The maximum absolute atomic E-state index is 12.5. The Hall–Kier alpha value is -1.49. The Morgan fingerprint density at radius 3 is 2.68 bits per heavy atom. The van der Waals surface area contributed by atoms with E-state index in [9.17, 15) is 4.79 Å². The summed E-state index contributed by atoms with van der Waals surface area (Å²) in [5.74, 6) is 0.103. The SMILES string of the molecule is C[C@H](Sc1ccc(Cl)cc1)C(=O)N[C@H]1CCN(Cc2ccccc2)C1. The molecule has 1 amide bonds. The highest BCUT2D eigenvalue weighted by Crippen LogP contribution is 2.25. The van der Waals surface area contributed by atoms with Crippen LogP contribution in [0.2, 0.25) is 5.02 Å². The van der Waals surface area contributed by atoms with Crippen molar-refractivity contribution < 1.29 is 4.79 Å². The van der Waals surface area contributed by atoms with Gasteiger partial charge in [0.15, 0.2) is 0 Å². The van der Waals surface area contributed by atoms with Crippen molar-refractivity contribution in [1.29, 1.82) is 0 Å². The fraction of sp³-hybridized carbons (Fsp3) is 0.350. The van der Waals surface area contributed by atoms with Crippen LogP contribution in [0.4, 0.5) is 0 Å². The van der Waals surface area contributed by atoms with Crippen LogP contribution in [0.15, 0.2) is 59.5 Å². The van der Waals surface area contributed by atoms with E-state index in [1.165, 1.54) is 5.56 Å². The summed E-state index contributed by atoms with van der Waals surface area (Å²) >= 11 is 7.47. The average molecular weight is 375 g/mol. The molecule has 1 aliphatic heterocycles. The number of nitrogens with zero attached hydrogens (tertiary/aromatic N) is 1. The minimum Gasteiger partial charge on any atom is -0.351 e. The largest absolute Gasteiger partial charge is 0.351 e. The van der Waals surface area contributed by atoms with Crippen LogP contribution in [0.1, 0.15) is 18.9 Å². The number of thioether (sulfide) groups is 1. The fourth-order valence-electron chi connectivity index (χ4n) is 3.03. The highest BCUT2D eigenvalue weighted by molar-refractivity contribution is 8.00. The molecule has 5 heteroatoms. The molecule has 2 atom stereocenters. The quantitative estimate of drug-likeness (QED) is 0.768. The van der Waals surface area contributed by atoms with Crippen LogP contribution < -0.4 is 5.32 Å². The maximum atomic E-state index is 12.5. The Morgan fingerprint density at radius 2 is 1.96 bits per heavy atom. The number of benzene rings is 2. The Balaban J connectivity index is 1.45. The summed E-state index contributed by atoms with van der Waals surface area (Å²) in [7, 11) is 0. The first-order chi connectivity index (χ1) is 12.1. The van der Waals surface area contributed by atoms with Gasteiger partial charge in [0, 0.05) is 35.6 Å². The van der Waals surface area contributed by atoms with Gasteiger partial charge in [0.25, 0.3) is 0 Å². The molecule has 2 aromatic rings. The Labute approximate surface area is 158 Å². The molecule has 0 unspecified atom stereocenters. The second-order valence-corrected chi connectivity index (χ2v) is 8.28. The molecular weight excluding hydrogens is 352 g/mol. The van der Waals surface area contributed by atoms with Gasteiger partial charge in [-0.15, -0.1) is 11.8 Å². The monoisotopic (exact) mass is 374 g/mol. The normalized spacial score (nSPS) is 18.9. The minimum atomic E-state index is -0.121. The molecule has 25 heavy (non-hydrogen) atoms. The van der Waals surface area contributed by atoms with Crippen molar-refractivity contribution in [3.05, 3.63) is 65.2 Å². The van der Waals surface area contributed by atoms with Crippen LogP contribution in [-0.2, 0) is 11.3 Å². The standard InChI is InChI=1S/C20H23ClN2OS/c1-15(25-19-9-7-17(21)8-10-19)20(24)22-18-11-12-23(14-18)13-16-5-3-2-4-6-16/h2-10,15,18H,11-14H2,1H3,(H,22,24)/t15-,18-/m0/s1. The van der Waals surface area contributed by atoms with Crippen molar-refractivity contribution in [3.63, 3.8) is 0 Å². The lowest BCUT2D eigenvalue weighted by molar-refractivity contribution is -0.120. The molecular formula is C20H23ClN2OS. The minimum absolute atomic E-state index is 0.103. The lowest BCUT2D eigenvalue weighted by atomic mass is 10.2. The molecule has 1 saturated heterocycles. The number of hydrogen-bond acceptors (Lipinski definition) is 3. The summed E-state index contributed by atoms with van der Waals surface area (Å²) in [5.41, 5.74) is 1.32. The van der Waals surface area contributed by atoms with Crippen molar-refractivity contribution in [2.24, 2.45) is 0 Å². The van der Waals surface area contributed by atoms with Gasteiger partial charge in [-0.2, -0.15) is 0 Å². The predicted molar refractivity (Wildman–Crippen MR) is 105 cm³/mol. The van der Waals surface area contributed by atoms with E-state index in [0.717, 1.165) is 31.0 Å². The second kappa shape index (κ2) is 8.75. The summed E-state index contributed by atoms with van der Waals surface area (Å²) < 4.78 is 0. The third kappa shape index (κ3) is 5.50. The maximum Gasteiger partial charge on any atom is 0.233 e. The topological polar surface area (TPSA) is 32.3 Å². The van der Waals surface area contributed by atoms with Crippen LogP contribution in [0, 0.1) is 0 Å². The average Bonchev–Trinajstić information content (AvgIpc) is 3.04. The molecule has 0 spiro atoms. The van der Waals surface area contributed by atoms with Crippen molar-refractivity contribution in [3.8, 4) is 0 Å². The third-order valence-electron chi connectivity index (χ3n) is 4.36. The number of carbonyl (C=O) groups excluding carboxylic acids is 1. The van der Waals surface area contributed by atoms with Crippen LogP contribution in [0.25, 0.3) is 0 Å². The van der Waals surface area contributed by atoms with E-state index in [1.807, 2.05) is 37.3 Å². The van der Waals surface area contributed by atoms with Crippen molar-refractivity contribution in [2.45, 2.75) is 36.1 Å². The number of likely N-dealkylation sites (tertiary alicyclic amines) is 1. The molecule has 0 aromatic heterocycles. The number of rotatable bonds is 6. The van der Waals surface area contributed by atoms with Gasteiger partial charge in [-0.05, 0) is 43.2 Å². The zero-order valence-electron chi connectivity index (χ0n) is 14.3. The van der Waals surface area contributed by atoms with Gasteiger partial charge >= 0.3 is 0 Å². The van der Waals surface area contributed by atoms with Gasteiger partial charge < -0.3 is 5.32 Å². The lowest BCUT2D eigenvalue weighted by Gasteiger charge is -2.18. The summed E-state index contributed by atoms with van der Waals surface area (Å²) in [6.07, 6.45) is 1.01. The van der Waals surface area contributed by atoms with Crippen LogP contribution in [0.3, 0.4) is 0 Å². The second-order valence-electron chi connectivity index (χ2n) is 6.43. The van der Waals surface area contributed by atoms with E-state index in [2.05, 4.69) is 34.5 Å². The molecule has 132 valence electrons. The molecule has 1 aliphatic rings. The van der Waals surface area contributed by atoms with Crippen LogP contribution >= 0.6 is 23.4 Å². The molecule has 0 bridgehead atoms. The van der Waals surface area contributed by atoms with Crippen LogP contribution in [0.5, 0.6) is 0 Å². The lowest BCUT2D eigenvalue weighted by Crippen LogP contribution is -2.40. The zero-order valence-corrected chi connectivity index (χ0v) is 15.9. The number of nitrogens with one attached hydrogen (secondary N) is 1. The smallest absolute Gasteiger partial charge is 0.233 e. The van der Waals surface area contributed by atoms with Gasteiger partial charge in [0.1, 0.15) is 0 Å². The highest BCUT2D eigenvalue weighted by Gasteiger charge is 2.25. The van der Waals surface area contributed by atoms with E-state index in [4.69, 9.17) is 11.6 Å². The van der Waals surface area contributed by atoms with Crippen molar-refractivity contribution >= 4 is 29.3 Å².